The van der Waals surface area contributed by atoms with Gasteiger partial charge in [-0.15, -0.1) is 0 Å². The summed E-state index contributed by atoms with van der Waals surface area (Å²) in [7, 11) is -3.39. The van der Waals surface area contributed by atoms with Gasteiger partial charge in [0.1, 0.15) is 5.54 Å². The van der Waals surface area contributed by atoms with Crippen LogP contribution in [0.25, 0.3) is 0 Å². The number of hydrogen-bond donors (Lipinski definition) is 0. The first kappa shape index (κ1) is 12.3. The Kier molecular flexibility index (Phi) is 2.86. The second-order valence-corrected chi connectivity index (χ2v) is 6.51. The minimum Gasteiger partial charge on any atom is -0.224 e. The molecule has 1 aliphatic rings. The van der Waals surface area contributed by atoms with E-state index in [0.29, 0.717) is 23.4 Å². The van der Waals surface area contributed by atoms with Crippen molar-refractivity contribution in [1.82, 2.24) is 0 Å². The summed E-state index contributed by atoms with van der Waals surface area (Å²) in [6, 6.07) is 4.66. The van der Waals surface area contributed by atoms with Gasteiger partial charge in [0, 0.05) is 16.8 Å². The summed E-state index contributed by atoms with van der Waals surface area (Å²) in [5.41, 5.74) is -0.356. The molecular formula is C11H10ClNO3S. The van der Waals surface area contributed by atoms with E-state index >= 15 is 0 Å². The minimum atomic E-state index is -3.39. The average Bonchev–Trinajstić information content (AvgIpc) is 2.97. The molecule has 0 radical (unpaired) electrons. The molecule has 0 bridgehead atoms. The molecule has 1 aromatic rings. The van der Waals surface area contributed by atoms with Gasteiger partial charge in [0.2, 0.25) is 6.08 Å². The predicted octanol–water partition coefficient (Wildman–Crippen LogP) is 2.07. The summed E-state index contributed by atoms with van der Waals surface area (Å²) in [5.74, 6) is 0. The van der Waals surface area contributed by atoms with Crippen molar-refractivity contribution in [3.63, 3.8) is 0 Å². The van der Waals surface area contributed by atoms with E-state index in [1.165, 1.54) is 12.1 Å². The van der Waals surface area contributed by atoms with Gasteiger partial charge in [-0.05, 0) is 25.0 Å². The van der Waals surface area contributed by atoms with Crippen LogP contribution in [0, 0.1) is 0 Å². The maximum atomic E-state index is 11.7. The summed E-state index contributed by atoms with van der Waals surface area (Å²) in [6.07, 6.45) is 3.85. The number of nitrogens with zero attached hydrogens (tertiary/aromatic N) is 1. The van der Waals surface area contributed by atoms with Crippen LogP contribution in [0.3, 0.4) is 0 Å². The third kappa shape index (κ3) is 2.14. The Hall–Kier alpha value is -1.16. The van der Waals surface area contributed by atoms with Gasteiger partial charge < -0.3 is 0 Å². The van der Waals surface area contributed by atoms with Gasteiger partial charge in [-0.2, -0.15) is 4.99 Å². The molecule has 0 N–H and O–H groups in total. The van der Waals surface area contributed by atoms with Gasteiger partial charge in [-0.25, -0.2) is 13.2 Å². The number of isocyanates is 1. The van der Waals surface area contributed by atoms with Crippen LogP contribution >= 0.6 is 11.6 Å². The van der Waals surface area contributed by atoms with Crippen LogP contribution in [0.4, 0.5) is 0 Å². The van der Waals surface area contributed by atoms with E-state index in [9.17, 15) is 13.2 Å². The number of halogens is 1. The molecule has 6 heteroatoms. The lowest BCUT2D eigenvalue weighted by atomic mass is 10.1. The summed E-state index contributed by atoms with van der Waals surface area (Å²) in [4.78, 5) is 14.3. The maximum absolute atomic E-state index is 11.7. The number of aliphatic imine (C=N–C) groups is 1. The Bertz CT molecular complexity index is 614. The topological polar surface area (TPSA) is 63.6 Å². The molecule has 17 heavy (non-hydrogen) atoms. The summed E-state index contributed by atoms with van der Waals surface area (Å²) in [5, 5.41) is 0.324. The van der Waals surface area contributed by atoms with Crippen molar-refractivity contribution in [2.45, 2.75) is 23.3 Å². The lowest BCUT2D eigenvalue weighted by Crippen LogP contribution is -2.11. The fourth-order valence-corrected chi connectivity index (χ4v) is 3.29. The molecule has 0 aliphatic heterocycles. The first-order chi connectivity index (χ1) is 7.91. The Morgan fingerprint density at radius 2 is 2.06 bits per heavy atom. The molecule has 0 spiro atoms. The van der Waals surface area contributed by atoms with Gasteiger partial charge in [0.25, 0.3) is 0 Å². The van der Waals surface area contributed by atoms with Crippen LogP contribution in [-0.2, 0) is 20.2 Å². The first-order valence-electron chi connectivity index (χ1n) is 4.99. The molecule has 4 nitrogen and oxygen atoms in total. The van der Waals surface area contributed by atoms with Crippen molar-refractivity contribution in [2.75, 3.05) is 6.26 Å². The van der Waals surface area contributed by atoms with Crippen molar-refractivity contribution in [1.29, 1.82) is 0 Å². The minimum absolute atomic E-state index is 0.140. The lowest BCUT2D eigenvalue weighted by Gasteiger charge is -2.14. The monoisotopic (exact) mass is 271 g/mol. The summed E-state index contributed by atoms with van der Waals surface area (Å²) >= 11 is 6.04. The number of hydrogen-bond acceptors (Lipinski definition) is 4. The molecule has 0 atom stereocenters. The number of rotatable bonds is 3. The van der Waals surface area contributed by atoms with Crippen molar-refractivity contribution >= 4 is 27.5 Å². The fraction of sp³-hybridized carbons (Fsp3) is 0.364. The van der Waals surface area contributed by atoms with Crippen molar-refractivity contribution in [3.8, 4) is 0 Å². The van der Waals surface area contributed by atoms with E-state index in [4.69, 9.17) is 11.6 Å². The zero-order valence-electron chi connectivity index (χ0n) is 9.10. The van der Waals surface area contributed by atoms with E-state index in [0.717, 1.165) is 6.26 Å². The molecule has 0 aromatic heterocycles. The maximum Gasteiger partial charge on any atom is 0.235 e. The third-order valence-corrected chi connectivity index (χ3v) is 4.28. The molecule has 1 aromatic carbocycles. The highest BCUT2D eigenvalue weighted by atomic mass is 35.5. The summed E-state index contributed by atoms with van der Waals surface area (Å²) < 4.78 is 23.4. The Morgan fingerprint density at radius 3 is 2.53 bits per heavy atom. The van der Waals surface area contributed by atoms with Gasteiger partial charge in [0.15, 0.2) is 9.84 Å². The van der Waals surface area contributed by atoms with E-state index < -0.39 is 15.4 Å². The largest absolute Gasteiger partial charge is 0.235 e. The van der Waals surface area contributed by atoms with E-state index in [1.54, 1.807) is 12.1 Å². The molecule has 0 heterocycles. The first-order valence-corrected chi connectivity index (χ1v) is 7.26. The van der Waals surface area contributed by atoms with Crippen molar-refractivity contribution in [2.24, 2.45) is 4.99 Å². The zero-order valence-corrected chi connectivity index (χ0v) is 10.7. The molecule has 90 valence electrons. The Morgan fingerprint density at radius 1 is 1.41 bits per heavy atom. The smallest absolute Gasteiger partial charge is 0.224 e. The SMILES string of the molecule is CS(=O)(=O)c1cccc(Cl)c1C1(N=C=O)CC1. The Balaban J connectivity index is 2.73. The van der Waals surface area contributed by atoms with Gasteiger partial charge in [-0.3, -0.25) is 0 Å². The van der Waals surface area contributed by atoms with Crippen molar-refractivity contribution in [3.05, 3.63) is 28.8 Å². The van der Waals surface area contributed by atoms with Crippen LogP contribution < -0.4 is 0 Å². The zero-order chi connectivity index (χ0) is 12.7. The third-order valence-electron chi connectivity index (χ3n) is 2.82. The molecule has 0 saturated heterocycles. The predicted molar refractivity (Wildman–Crippen MR) is 63.6 cm³/mol. The molecule has 1 fully saturated rings. The van der Waals surface area contributed by atoms with E-state index in [2.05, 4.69) is 4.99 Å². The van der Waals surface area contributed by atoms with Crippen LogP contribution in [0.5, 0.6) is 0 Å². The van der Waals surface area contributed by atoms with Gasteiger partial charge in [0.05, 0.1) is 4.90 Å². The quantitative estimate of drug-likeness (QED) is 0.624. The second kappa shape index (κ2) is 3.95. The molecule has 1 saturated carbocycles. The standard InChI is InChI=1S/C11H10ClNO3S/c1-17(15,16)9-4-2-3-8(12)10(9)11(5-6-11)13-7-14/h2-4H,5-6H2,1H3. The van der Waals surface area contributed by atoms with Crippen LogP contribution in [0.2, 0.25) is 5.02 Å². The molecule has 0 unspecified atom stereocenters. The highest BCUT2D eigenvalue weighted by molar-refractivity contribution is 7.90. The van der Waals surface area contributed by atoms with Crippen LogP contribution in [-0.4, -0.2) is 20.8 Å². The summed E-state index contributed by atoms with van der Waals surface area (Å²) in [6.45, 7) is 0. The van der Waals surface area contributed by atoms with E-state index in [-0.39, 0.29) is 4.90 Å². The van der Waals surface area contributed by atoms with Gasteiger partial charge in [-0.1, -0.05) is 17.7 Å². The van der Waals surface area contributed by atoms with Gasteiger partial charge >= 0.3 is 0 Å². The van der Waals surface area contributed by atoms with Crippen molar-refractivity contribution < 1.29 is 13.2 Å². The number of sulfone groups is 1. The number of carbonyl (C=O) groups excluding carboxylic acids is 1. The molecule has 2 rings (SSSR count). The number of benzene rings is 1. The Labute approximate surface area is 104 Å². The molecule has 0 amide bonds. The second-order valence-electron chi connectivity index (χ2n) is 4.12. The molecule has 1 aliphatic carbocycles. The highest BCUT2D eigenvalue weighted by Gasteiger charge is 2.48. The van der Waals surface area contributed by atoms with E-state index in [1.807, 2.05) is 0 Å². The lowest BCUT2D eigenvalue weighted by molar-refractivity contribution is 0.554. The normalized spacial score (nSPS) is 17.3. The van der Waals surface area contributed by atoms with Crippen LogP contribution in [0.1, 0.15) is 18.4 Å². The fourth-order valence-electron chi connectivity index (χ4n) is 1.89. The van der Waals surface area contributed by atoms with Crippen LogP contribution in [0.15, 0.2) is 28.1 Å². The molecular weight excluding hydrogens is 262 g/mol. The highest BCUT2D eigenvalue weighted by Crippen LogP contribution is 2.53. The average molecular weight is 272 g/mol.